The predicted molar refractivity (Wildman–Crippen MR) is 130 cm³/mol. The summed E-state index contributed by atoms with van der Waals surface area (Å²) in [6, 6.07) is 30.8. The smallest absolute Gasteiger partial charge is 0.136 e. The Bertz CT molecular complexity index is 1440. The van der Waals surface area contributed by atoms with Gasteiger partial charge < -0.3 is 4.42 Å². The summed E-state index contributed by atoms with van der Waals surface area (Å²) in [5, 5.41) is 2.98. The van der Waals surface area contributed by atoms with Gasteiger partial charge >= 0.3 is 0 Å². The Morgan fingerprint density at radius 3 is 2.23 bits per heavy atom. The lowest BCUT2D eigenvalue weighted by atomic mass is 9.97. The minimum absolute atomic E-state index is 0.584. The van der Waals surface area contributed by atoms with Crippen molar-refractivity contribution in [1.82, 2.24) is 0 Å². The van der Waals surface area contributed by atoms with E-state index in [1.54, 1.807) is 0 Å². The fourth-order valence-corrected chi connectivity index (χ4v) is 8.22. The van der Waals surface area contributed by atoms with E-state index in [2.05, 4.69) is 99.0 Å². The van der Waals surface area contributed by atoms with Crippen LogP contribution in [0.2, 0.25) is 0 Å². The van der Waals surface area contributed by atoms with Crippen LogP contribution >= 0.6 is 10.0 Å². The molecule has 1 aromatic heterocycles. The average molecular weight is 409 g/mol. The highest BCUT2D eigenvalue weighted by molar-refractivity contribution is 8.34. The van der Waals surface area contributed by atoms with Gasteiger partial charge in [0.2, 0.25) is 0 Å². The van der Waals surface area contributed by atoms with E-state index in [0.29, 0.717) is 5.25 Å². The van der Waals surface area contributed by atoms with Crippen LogP contribution in [0.15, 0.2) is 99.1 Å². The molecule has 0 saturated heterocycles. The molecule has 5 aromatic rings. The van der Waals surface area contributed by atoms with E-state index in [4.69, 9.17) is 4.42 Å². The molecule has 30 heavy (non-hydrogen) atoms. The fourth-order valence-electron chi connectivity index (χ4n) is 4.96. The Hall–Kier alpha value is -2.97. The Morgan fingerprint density at radius 1 is 0.667 bits per heavy atom. The molecule has 1 aliphatic heterocycles. The maximum absolute atomic E-state index is 6.14. The molecule has 148 valence electrons. The van der Waals surface area contributed by atoms with Crippen LogP contribution in [0.4, 0.5) is 0 Å². The normalized spacial score (nSPS) is 19.7. The molecule has 1 unspecified atom stereocenters. The van der Waals surface area contributed by atoms with Gasteiger partial charge in [-0.15, -0.1) is 0 Å². The van der Waals surface area contributed by atoms with Gasteiger partial charge in [0.15, 0.2) is 0 Å². The Kier molecular flexibility index (Phi) is 3.73. The molecule has 0 amide bonds. The fraction of sp³-hybridized carbons (Fsp3) is 0.143. The van der Waals surface area contributed by atoms with E-state index in [9.17, 15) is 0 Å². The second-order valence-electron chi connectivity index (χ2n) is 8.51. The molecule has 0 spiro atoms. The van der Waals surface area contributed by atoms with Gasteiger partial charge in [0.05, 0.1) is 0 Å². The Morgan fingerprint density at radius 2 is 1.37 bits per heavy atom. The highest BCUT2D eigenvalue weighted by Crippen LogP contribution is 2.72. The first-order chi connectivity index (χ1) is 14.6. The molecule has 0 N–H and O–H groups in total. The molecule has 1 aliphatic rings. The number of rotatable bonds is 2. The molecular weight excluding hydrogens is 384 g/mol. The highest BCUT2D eigenvalue weighted by Gasteiger charge is 2.37. The summed E-state index contributed by atoms with van der Waals surface area (Å²) in [4.78, 5) is 3.04. The zero-order valence-corrected chi connectivity index (χ0v) is 18.3. The molecule has 0 bridgehead atoms. The monoisotopic (exact) mass is 408 g/mol. The van der Waals surface area contributed by atoms with Gasteiger partial charge in [-0.2, -0.15) is 10.0 Å². The Labute approximate surface area is 178 Å². The molecule has 0 radical (unpaired) electrons. The van der Waals surface area contributed by atoms with Crippen LogP contribution in [0.1, 0.15) is 13.8 Å². The van der Waals surface area contributed by atoms with Crippen molar-refractivity contribution in [3.05, 3.63) is 84.9 Å². The summed E-state index contributed by atoms with van der Waals surface area (Å²) in [6.07, 6.45) is 2.49. The average Bonchev–Trinajstić information content (AvgIpc) is 3.28. The van der Waals surface area contributed by atoms with E-state index >= 15 is 0 Å². The van der Waals surface area contributed by atoms with E-state index in [0.717, 1.165) is 11.2 Å². The third kappa shape index (κ3) is 2.26. The van der Waals surface area contributed by atoms with Crippen molar-refractivity contribution in [2.75, 3.05) is 6.26 Å². The van der Waals surface area contributed by atoms with Crippen molar-refractivity contribution >= 4 is 32.0 Å². The van der Waals surface area contributed by atoms with Crippen molar-refractivity contribution in [2.45, 2.75) is 28.9 Å². The van der Waals surface area contributed by atoms with Gasteiger partial charge in [-0.3, -0.25) is 0 Å². The maximum Gasteiger partial charge on any atom is 0.136 e. The van der Waals surface area contributed by atoms with Crippen molar-refractivity contribution < 1.29 is 4.42 Å². The van der Waals surface area contributed by atoms with Crippen LogP contribution in [0.25, 0.3) is 44.2 Å². The molecule has 2 heterocycles. The summed E-state index contributed by atoms with van der Waals surface area (Å²) < 4.78 is 6.14. The lowest BCUT2D eigenvalue weighted by Gasteiger charge is -2.38. The maximum atomic E-state index is 6.14. The van der Waals surface area contributed by atoms with Gasteiger partial charge in [-0.05, 0) is 58.0 Å². The van der Waals surface area contributed by atoms with Crippen LogP contribution in [-0.4, -0.2) is 11.5 Å². The topological polar surface area (TPSA) is 13.1 Å². The number of furan rings is 1. The number of hydrogen-bond acceptors (Lipinski definition) is 1. The molecule has 1 nitrogen and oxygen atoms in total. The van der Waals surface area contributed by atoms with Crippen molar-refractivity contribution in [1.29, 1.82) is 0 Å². The standard InChI is InChI=1S/C28H24OS/c1-18(2)30(3)26-14-7-5-9-21(26)22-16-15-19(17-27(22)30)20-11-8-13-25-28(20)23-10-4-6-12-24(23)29-25/h4-18H,1-3H3. The summed E-state index contributed by atoms with van der Waals surface area (Å²) >= 11 is 0. The van der Waals surface area contributed by atoms with Crippen molar-refractivity contribution in [3.8, 4) is 22.3 Å². The first-order valence-electron chi connectivity index (χ1n) is 10.5. The molecule has 1 atom stereocenters. The minimum Gasteiger partial charge on any atom is -0.456 e. The third-order valence-electron chi connectivity index (χ3n) is 6.73. The lowest BCUT2D eigenvalue weighted by molar-refractivity contribution is 0.669. The predicted octanol–water partition coefficient (Wildman–Crippen LogP) is 8.49. The number of hydrogen-bond donors (Lipinski definition) is 0. The first-order valence-corrected chi connectivity index (χ1v) is 12.6. The number of fused-ring (bicyclic) bond motifs is 6. The van der Waals surface area contributed by atoms with E-state index < -0.39 is 10.0 Å². The van der Waals surface area contributed by atoms with E-state index in [1.165, 1.54) is 42.8 Å². The largest absolute Gasteiger partial charge is 0.456 e. The zero-order chi connectivity index (χ0) is 20.5. The molecule has 2 heteroatoms. The second kappa shape index (κ2) is 6.26. The zero-order valence-electron chi connectivity index (χ0n) is 17.5. The van der Waals surface area contributed by atoms with Crippen molar-refractivity contribution in [3.63, 3.8) is 0 Å². The van der Waals surface area contributed by atoms with Crippen LogP contribution in [0, 0.1) is 0 Å². The van der Waals surface area contributed by atoms with Crippen LogP contribution in [0.5, 0.6) is 0 Å². The lowest BCUT2D eigenvalue weighted by Crippen LogP contribution is -2.09. The summed E-state index contributed by atoms with van der Waals surface area (Å²) in [5.41, 5.74) is 7.25. The van der Waals surface area contributed by atoms with E-state index in [-0.39, 0.29) is 0 Å². The molecule has 6 rings (SSSR count). The summed E-state index contributed by atoms with van der Waals surface area (Å²) in [5.74, 6) is 0. The van der Waals surface area contributed by atoms with Crippen LogP contribution < -0.4 is 0 Å². The SMILES string of the molecule is CC(C)S1(C)c2ccccc2-c2ccc(-c3cccc4oc5ccccc5c34)cc21. The molecule has 0 fully saturated rings. The van der Waals surface area contributed by atoms with Gasteiger partial charge in [-0.25, -0.2) is 0 Å². The van der Waals surface area contributed by atoms with Crippen molar-refractivity contribution in [2.24, 2.45) is 0 Å². The minimum atomic E-state index is -1.08. The quantitative estimate of drug-likeness (QED) is 0.285. The van der Waals surface area contributed by atoms with Crippen LogP contribution in [0.3, 0.4) is 0 Å². The highest BCUT2D eigenvalue weighted by atomic mass is 32.3. The summed E-state index contributed by atoms with van der Waals surface area (Å²) in [7, 11) is -1.08. The molecule has 4 aromatic carbocycles. The van der Waals surface area contributed by atoms with Gasteiger partial charge in [-0.1, -0.05) is 74.5 Å². The molecule has 0 saturated carbocycles. The second-order valence-corrected chi connectivity index (χ2v) is 12.3. The summed E-state index contributed by atoms with van der Waals surface area (Å²) in [6.45, 7) is 4.75. The number of benzene rings is 4. The number of para-hydroxylation sites is 1. The Balaban J connectivity index is 1.64. The van der Waals surface area contributed by atoms with E-state index in [1.807, 2.05) is 6.07 Å². The molecule has 0 aliphatic carbocycles. The molecular formula is C28H24OS. The first kappa shape index (κ1) is 17.9. The van der Waals surface area contributed by atoms with Crippen LogP contribution in [-0.2, 0) is 0 Å². The third-order valence-corrected chi connectivity index (χ3v) is 11.1. The van der Waals surface area contributed by atoms with Gasteiger partial charge in [0, 0.05) is 20.6 Å². The van der Waals surface area contributed by atoms with Gasteiger partial charge in [0.25, 0.3) is 0 Å². The van der Waals surface area contributed by atoms with Gasteiger partial charge in [0.1, 0.15) is 11.2 Å².